The zero-order valence-electron chi connectivity index (χ0n) is 10.7. The van der Waals surface area contributed by atoms with Crippen LogP contribution >= 0.6 is 0 Å². The Morgan fingerprint density at radius 2 is 1.44 bits per heavy atom. The fourth-order valence-corrected chi connectivity index (χ4v) is 1.95. The van der Waals surface area contributed by atoms with Crippen LogP contribution in [0.15, 0.2) is 0 Å². The normalized spacial score (nSPS) is 17.1. The predicted molar refractivity (Wildman–Crippen MR) is 70.9 cm³/mol. The molecule has 0 heterocycles. The van der Waals surface area contributed by atoms with E-state index in [1.165, 1.54) is 0 Å². The highest BCUT2D eigenvalue weighted by Crippen LogP contribution is 2.14. The van der Waals surface area contributed by atoms with Gasteiger partial charge in [-0.05, 0) is 44.7 Å². The molecule has 0 saturated carbocycles. The Morgan fingerprint density at radius 3 is 2.00 bits per heavy atom. The van der Waals surface area contributed by atoms with Crippen molar-refractivity contribution >= 4 is 0 Å². The Hall–Kier alpha value is -0.160. The van der Waals surface area contributed by atoms with Gasteiger partial charge in [0.1, 0.15) is 0 Å². The standard InChI is InChI=1S/C12H30N4/c1-10(6-5-9-14)12(16)11(15)7-3-2-4-8-13/h10-12H,2-9,13-16H2,1H3. The molecule has 0 rings (SSSR count). The first-order valence-electron chi connectivity index (χ1n) is 6.54. The van der Waals surface area contributed by atoms with E-state index in [2.05, 4.69) is 6.92 Å². The molecule has 0 fully saturated rings. The van der Waals surface area contributed by atoms with Crippen LogP contribution in [0.5, 0.6) is 0 Å². The van der Waals surface area contributed by atoms with Gasteiger partial charge in [-0.1, -0.05) is 19.8 Å². The van der Waals surface area contributed by atoms with E-state index >= 15 is 0 Å². The lowest BCUT2D eigenvalue weighted by molar-refractivity contribution is 0.347. The van der Waals surface area contributed by atoms with Gasteiger partial charge in [0, 0.05) is 12.1 Å². The van der Waals surface area contributed by atoms with Crippen LogP contribution in [-0.2, 0) is 0 Å². The summed E-state index contributed by atoms with van der Waals surface area (Å²) in [6.45, 7) is 3.68. The molecule has 0 aliphatic heterocycles. The van der Waals surface area contributed by atoms with Crippen molar-refractivity contribution in [3.63, 3.8) is 0 Å². The Balaban J connectivity index is 3.66. The van der Waals surface area contributed by atoms with E-state index in [0.29, 0.717) is 5.92 Å². The van der Waals surface area contributed by atoms with Crippen LogP contribution in [0.3, 0.4) is 0 Å². The van der Waals surface area contributed by atoms with Gasteiger partial charge in [0.15, 0.2) is 0 Å². The maximum absolute atomic E-state index is 6.13. The summed E-state index contributed by atoms with van der Waals surface area (Å²) in [6, 6.07) is 0.218. The predicted octanol–water partition coefficient (Wildman–Crippen LogP) is 0.535. The molecule has 16 heavy (non-hydrogen) atoms. The third-order valence-electron chi connectivity index (χ3n) is 3.26. The summed E-state index contributed by atoms with van der Waals surface area (Å²) in [4.78, 5) is 0. The van der Waals surface area contributed by atoms with Gasteiger partial charge in [0.25, 0.3) is 0 Å². The molecule has 0 aliphatic rings. The Kier molecular flexibility index (Phi) is 9.92. The fraction of sp³-hybridized carbons (Fsp3) is 1.00. The minimum absolute atomic E-state index is 0.101. The molecule has 4 heteroatoms. The van der Waals surface area contributed by atoms with Crippen molar-refractivity contribution in [2.75, 3.05) is 13.1 Å². The van der Waals surface area contributed by atoms with Gasteiger partial charge in [0.2, 0.25) is 0 Å². The Labute approximate surface area is 100 Å². The number of hydrogen-bond acceptors (Lipinski definition) is 4. The summed E-state index contributed by atoms with van der Waals surface area (Å²) >= 11 is 0. The first kappa shape index (κ1) is 15.8. The molecule has 0 aromatic carbocycles. The van der Waals surface area contributed by atoms with E-state index in [-0.39, 0.29) is 12.1 Å². The quantitative estimate of drug-likeness (QED) is 0.411. The van der Waals surface area contributed by atoms with Crippen LogP contribution in [-0.4, -0.2) is 25.2 Å². The van der Waals surface area contributed by atoms with Gasteiger partial charge in [-0.15, -0.1) is 0 Å². The molecule has 0 amide bonds. The molecule has 0 aromatic heterocycles. The van der Waals surface area contributed by atoms with Crippen molar-refractivity contribution < 1.29 is 0 Å². The monoisotopic (exact) mass is 230 g/mol. The van der Waals surface area contributed by atoms with Crippen LogP contribution < -0.4 is 22.9 Å². The largest absolute Gasteiger partial charge is 0.330 e. The van der Waals surface area contributed by atoms with E-state index in [0.717, 1.165) is 51.6 Å². The maximum atomic E-state index is 6.13. The van der Waals surface area contributed by atoms with Gasteiger partial charge < -0.3 is 22.9 Å². The molecule has 4 nitrogen and oxygen atoms in total. The van der Waals surface area contributed by atoms with Crippen molar-refractivity contribution in [1.29, 1.82) is 0 Å². The number of hydrogen-bond donors (Lipinski definition) is 4. The number of rotatable bonds is 10. The van der Waals surface area contributed by atoms with Gasteiger partial charge in [-0.3, -0.25) is 0 Å². The lowest BCUT2D eigenvalue weighted by Gasteiger charge is -2.25. The van der Waals surface area contributed by atoms with Crippen molar-refractivity contribution in [2.24, 2.45) is 28.9 Å². The summed E-state index contributed by atoms with van der Waals surface area (Å²) < 4.78 is 0. The van der Waals surface area contributed by atoms with Crippen LogP contribution in [0, 0.1) is 5.92 Å². The van der Waals surface area contributed by atoms with Crippen molar-refractivity contribution in [3.05, 3.63) is 0 Å². The smallest absolute Gasteiger partial charge is 0.0218 e. The molecule has 8 N–H and O–H groups in total. The Morgan fingerprint density at radius 1 is 0.812 bits per heavy atom. The highest BCUT2D eigenvalue weighted by Gasteiger charge is 2.19. The average molecular weight is 230 g/mol. The lowest BCUT2D eigenvalue weighted by Crippen LogP contribution is -2.45. The molecular weight excluding hydrogens is 200 g/mol. The van der Waals surface area contributed by atoms with E-state index in [1.807, 2.05) is 0 Å². The van der Waals surface area contributed by atoms with Gasteiger partial charge in [0.05, 0.1) is 0 Å². The van der Waals surface area contributed by atoms with E-state index in [1.54, 1.807) is 0 Å². The molecule has 0 aromatic rings. The zero-order valence-corrected chi connectivity index (χ0v) is 10.7. The fourth-order valence-electron chi connectivity index (χ4n) is 1.95. The van der Waals surface area contributed by atoms with Crippen LogP contribution in [0.25, 0.3) is 0 Å². The second kappa shape index (κ2) is 10.0. The van der Waals surface area contributed by atoms with Crippen LogP contribution in [0.4, 0.5) is 0 Å². The Bertz CT molecular complexity index is 152. The highest BCUT2D eigenvalue weighted by atomic mass is 14.8. The summed E-state index contributed by atoms with van der Waals surface area (Å²) in [6.07, 6.45) is 6.51. The average Bonchev–Trinajstić information content (AvgIpc) is 2.30. The molecule has 3 unspecified atom stereocenters. The molecule has 0 saturated heterocycles. The molecule has 3 atom stereocenters. The van der Waals surface area contributed by atoms with Crippen LogP contribution in [0.1, 0.15) is 45.4 Å². The van der Waals surface area contributed by atoms with Crippen molar-refractivity contribution in [2.45, 2.75) is 57.5 Å². The van der Waals surface area contributed by atoms with Crippen molar-refractivity contribution in [3.8, 4) is 0 Å². The molecule has 0 radical (unpaired) electrons. The molecular formula is C12H30N4. The van der Waals surface area contributed by atoms with Gasteiger partial charge >= 0.3 is 0 Å². The first-order valence-corrected chi connectivity index (χ1v) is 6.54. The molecule has 0 spiro atoms. The number of unbranched alkanes of at least 4 members (excludes halogenated alkanes) is 2. The van der Waals surface area contributed by atoms with E-state index in [4.69, 9.17) is 22.9 Å². The van der Waals surface area contributed by atoms with Crippen molar-refractivity contribution in [1.82, 2.24) is 0 Å². The van der Waals surface area contributed by atoms with Crippen LogP contribution in [0.2, 0.25) is 0 Å². The third-order valence-corrected chi connectivity index (χ3v) is 3.26. The first-order chi connectivity index (χ1) is 7.63. The minimum Gasteiger partial charge on any atom is -0.330 e. The molecule has 0 bridgehead atoms. The summed E-state index contributed by atoms with van der Waals surface area (Å²) in [5, 5.41) is 0. The van der Waals surface area contributed by atoms with E-state index < -0.39 is 0 Å². The number of nitrogens with two attached hydrogens (primary N) is 4. The second-order valence-electron chi connectivity index (χ2n) is 4.79. The second-order valence-corrected chi connectivity index (χ2v) is 4.79. The summed E-state index contributed by atoms with van der Waals surface area (Å²) in [7, 11) is 0. The lowest BCUT2D eigenvalue weighted by atomic mass is 9.89. The minimum atomic E-state index is 0.101. The van der Waals surface area contributed by atoms with Gasteiger partial charge in [-0.2, -0.15) is 0 Å². The van der Waals surface area contributed by atoms with Gasteiger partial charge in [-0.25, -0.2) is 0 Å². The third kappa shape index (κ3) is 7.17. The molecule has 0 aliphatic carbocycles. The summed E-state index contributed by atoms with van der Waals surface area (Å²) in [5.41, 5.74) is 23.1. The summed E-state index contributed by atoms with van der Waals surface area (Å²) in [5.74, 6) is 0.466. The molecule has 98 valence electrons. The topological polar surface area (TPSA) is 104 Å². The maximum Gasteiger partial charge on any atom is 0.0218 e. The SMILES string of the molecule is CC(CCCN)C(N)C(N)CCCCCN. The zero-order chi connectivity index (χ0) is 12.4. The van der Waals surface area contributed by atoms with E-state index in [9.17, 15) is 0 Å². The highest BCUT2D eigenvalue weighted by molar-refractivity contribution is 4.80.